The second kappa shape index (κ2) is 9.18. The summed E-state index contributed by atoms with van der Waals surface area (Å²) in [7, 11) is 0. The number of carbonyl (C=O) groups excluding carboxylic acids is 1. The van der Waals surface area contributed by atoms with Crippen LogP contribution in [0.15, 0.2) is 29.6 Å². The first-order valence-corrected chi connectivity index (χ1v) is 9.46. The summed E-state index contributed by atoms with van der Waals surface area (Å²) >= 11 is 1.26. The number of alkyl halides is 3. The van der Waals surface area contributed by atoms with E-state index < -0.39 is 18.2 Å². The molecule has 0 aliphatic heterocycles. The number of benzene rings is 1. The van der Waals surface area contributed by atoms with E-state index in [4.69, 9.17) is 0 Å². The number of aromatic nitrogens is 1. The summed E-state index contributed by atoms with van der Waals surface area (Å²) in [6.45, 7) is 3.80. The zero-order chi connectivity index (χ0) is 20.9. The molecule has 0 aliphatic carbocycles. The second-order valence-corrected chi connectivity index (χ2v) is 7.66. The number of thiazole rings is 1. The first kappa shape index (κ1) is 21.9. The summed E-state index contributed by atoms with van der Waals surface area (Å²) in [5, 5.41) is 11.5. The molecule has 152 valence electrons. The van der Waals surface area contributed by atoms with Crippen LogP contribution in [0.2, 0.25) is 0 Å². The van der Waals surface area contributed by atoms with Crippen LogP contribution in [0.4, 0.5) is 13.2 Å². The third-order valence-electron chi connectivity index (χ3n) is 3.84. The molecule has 0 saturated carbocycles. The SMILES string of the molecule is CC(C)C[C@H](CC(=O)Cc1csc(-c2ccc(OC(F)(F)F)cc2)n1)C(=O)O. The third-order valence-corrected chi connectivity index (χ3v) is 4.78. The Morgan fingerprint density at radius 3 is 2.39 bits per heavy atom. The van der Waals surface area contributed by atoms with Gasteiger partial charge in [0.05, 0.1) is 11.6 Å². The summed E-state index contributed by atoms with van der Waals surface area (Å²) in [5.74, 6) is -2.06. The van der Waals surface area contributed by atoms with Crippen LogP contribution in [0.1, 0.15) is 32.4 Å². The van der Waals surface area contributed by atoms with E-state index in [-0.39, 0.29) is 30.3 Å². The van der Waals surface area contributed by atoms with Crippen LogP contribution in [0.3, 0.4) is 0 Å². The molecule has 0 bridgehead atoms. The predicted molar refractivity (Wildman–Crippen MR) is 98.1 cm³/mol. The number of hydrogen-bond donors (Lipinski definition) is 1. The number of carboxylic acid groups (broad SMARTS) is 1. The van der Waals surface area contributed by atoms with Crippen molar-refractivity contribution in [3.8, 4) is 16.3 Å². The monoisotopic (exact) mass is 415 g/mol. The van der Waals surface area contributed by atoms with E-state index in [0.717, 1.165) is 0 Å². The average Bonchev–Trinajstić information content (AvgIpc) is 3.01. The fraction of sp³-hybridized carbons (Fsp3) is 0.421. The number of carbonyl (C=O) groups is 2. The Bertz CT molecular complexity index is 815. The molecule has 1 aromatic carbocycles. The quantitative estimate of drug-likeness (QED) is 0.627. The lowest BCUT2D eigenvalue weighted by Crippen LogP contribution is -2.20. The van der Waals surface area contributed by atoms with Gasteiger partial charge >= 0.3 is 12.3 Å². The molecule has 1 atom stereocenters. The largest absolute Gasteiger partial charge is 0.573 e. The van der Waals surface area contributed by atoms with Crippen LogP contribution in [0.25, 0.3) is 10.6 Å². The van der Waals surface area contributed by atoms with Gasteiger partial charge in [0.2, 0.25) is 0 Å². The van der Waals surface area contributed by atoms with Gasteiger partial charge in [-0.15, -0.1) is 24.5 Å². The van der Waals surface area contributed by atoms with E-state index in [1.165, 1.54) is 35.6 Å². The molecular formula is C19H20F3NO4S. The van der Waals surface area contributed by atoms with Gasteiger partial charge in [-0.2, -0.15) is 0 Å². The van der Waals surface area contributed by atoms with Gasteiger partial charge in [0.15, 0.2) is 0 Å². The Morgan fingerprint density at radius 2 is 1.86 bits per heavy atom. The van der Waals surface area contributed by atoms with Crippen molar-refractivity contribution in [2.75, 3.05) is 0 Å². The molecule has 0 radical (unpaired) electrons. The molecule has 9 heteroatoms. The molecule has 1 aromatic heterocycles. The molecule has 0 spiro atoms. The lowest BCUT2D eigenvalue weighted by molar-refractivity contribution is -0.274. The molecule has 0 saturated heterocycles. The van der Waals surface area contributed by atoms with Gasteiger partial charge in [0.25, 0.3) is 0 Å². The normalized spacial score (nSPS) is 12.8. The highest BCUT2D eigenvalue weighted by Gasteiger charge is 2.31. The van der Waals surface area contributed by atoms with Crippen molar-refractivity contribution < 1.29 is 32.6 Å². The van der Waals surface area contributed by atoms with Gasteiger partial charge in [0.1, 0.15) is 16.5 Å². The van der Waals surface area contributed by atoms with E-state index >= 15 is 0 Å². The third kappa shape index (κ3) is 6.95. The topological polar surface area (TPSA) is 76.5 Å². The maximum absolute atomic E-state index is 12.2. The van der Waals surface area contributed by atoms with Crippen molar-refractivity contribution in [3.63, 3.8) is 0 Å². The van der Waals surface area contributed by atoms with Crippen LogP contribution in [-0.4, -0.2) is 28.2 Å². The molecule has 28 heavy (non-hydrogen) atoms. The van der Waals surface area contributed by atoms with Gasteiger partial charge in [0, 0.05) is 23.8 Å². The fourth-order valence-corrected chi connectivity index (χ4v) is 3.54. The maximum atomic E-state index is 12.2. The summed E-state index contributed by atoms with van der Waals surface area (Å²) in [6, 6.07) is 5.29. The van der Waals surface area contributed by atoms with E-state index in [2.05, 4.69) is 9.72 Å². The van der Waals surface area contributed by atoms with E-state index in [0.29, 0.717) is 22.7 Å². The van der Waals surface area contributed by atoms with E-state index in [1.54, 1.807) is 5.38 Å². The van der Waals surface area contributed by atoms with Crippen molar-refractivity contribution in [2.45, 2.75) is 39.5 Å². The minimum absolute atomic E-state index is 0.0215. The lowest BCUT2D eigenvalue weighted by Gasteiger charge is -2.13. The standard InChI is InChI=1S/C19H20F3NO4S/c1-11(2)7-13(18(25)26)8-15(24)9-14-10-28-17(23-14)12-3-5-16(6-4-12)27-19(20,21)22/h3-6,10-11,13H,7-9H2,1-2H3,(H,25,26)/t13-/m1/s1. The smallest absolute Gasteiger partial charge is 0.481 e. The first-order valence-electron chi connectivity index (χ1n) is 8.58. The van der Waals surface area contributed by atoms with Crippen molar-refractivity contribution in [3.05, 3.63) is 35.3 Å². The highest BCUT2D eigenvalue weighted by Crippen LogP contribution is 2.28. The summed E-state index contributed by atoms with van der Waals surface area (Å²) in [5.41, 5.74) is 1.11. The highest BCUT2D eigenvalue weighted by atomic mass is 32.1. The molecule has 0 fully saturated rings. The number of ketones is 1. The summed E-state index contributed by atoms with van der Waals surface area (Å²) in [6.07, 6.45) is -4.35. The van der Waals surface area contributed by atoms with Crippen molar-refractivity contribution >= 4 is 23.1 Å². The molecule has 1 N–H and O–H groups in total. The molecule has 0 amide bonds. The lowest BCUT2D eigenvalue weighted by atomic mass is 9.91. The predicted octanol–water partition coefficient (Wildman–Crippen LogP) is 4.96. The van der Waals surface area contributed by atoms with Crippen LogP contribution in [-0.2, 0) is 16.0 Å². The molecular weight excluding hydrogens is 395 g/mol. The maximum Gasteiger partial charge on any atom is 0.573 e. The van der Waals surface area contributed by atoms with Crippen LogP contribution >= 0.6 is 11.3 Å². The zero-order valence-electron chi connectivity index (χ0n) is 15.3. The Kier molecular flexibility index (Phi) is 7.17. The number of Topliss-reactive ketones (excluding diaryl/α,β-unsaturated/α-hetero) is 1. The van der Waals surface area contributed by atoms with Crippen LogP contribution in [0.5, 0.6) is 5.75 Å². The fourth-order valence-electron chi connectivity index (χ4n) is 2.71. The molecule has 1 heterocycles. The van der Waals surface area contributed by atoms with Gasteiger partial charge < -0.3 is 9.84 Å². The minimum Gasteiger partial charge on any atom is -0.481 e. The Balaban J connectivity index is 1.99. The highest BCUT2D eigenvalue weighted by molar-refractivity contribution is 7.13. The van der Waals surface area contributed by atoms with Crippen molar-refractivity contribution in [1.29, 1.82) is 0 Å². The van der Waals surface area contributed by atoms with Crippen LogP contribution < -0.4 is 4.74 Å². The van der Waals surface area contributed by atoms with Crippen LogP contribution in [0, 0.1) is 11.8 Å². The summed E-state index contributed by atoms with van der Waals surface area (Å²) < 4.78 is 40.4. The number of carboxylic acids is 1. The Morgan fingerprint density at radius 1 is 1.21 bits per heavy atom. The number of ether oxygens (including phenoxy) is 1. The molecule has 0 aliphatic rings. The Hall–Kier alpha value is -2.42. The molecule has 2 rings (SSSR count). The molecule has 5 nitrogen and oxygen atoms in total. The minimum atomic E-state index is -4.75. The summed E-state index contributed by atoms with van der Waals surface area (Å²) in [4.78, 5) is 27.8. The zero-order valence-corrected chi connectivity index (χ0v) is 16.1. The van der Waals surface area contributed by atoms with Gasteiger partial charge in [-0.05, 0) is 36.6 Å². The van der Waals surface area contributed by atoms with E-state index in [9.17, 15) is 27.9 Å². The number of nitrogens with zero attached hydrogens (tertiary/aromatic N) is 1. The Labute approximate surface area is 164 Å². The number of halogens is 3. The number of rotatable bonds is 9. The molecule has 0 unspecified atom stereocenters. The van der Waals surface area contributed by atoms with Gasteiger partial charge in [-0.1, -0.05) is 13.8 Å². The van der Waals surface area contributed by atoms with E-state index in [1.807, 2.05) is 13.8 Å². The second-order valence-electron chi connectivity index (χ2n) is 6.80. The van der Waals surface area contributed by atoms with Gasteiger partial charge in [-0.25, -0.2) is 4.98 Å². The van der Waals surface area contributed by atoms with Gasteiger partial charge in [-0.3, -0.25) is 9.59 Å². The number of aliphatic carboxylic acids is 1. The van der Waals surface area contributed by atoms with Crippen molar-refractivity contribution in [2.24, 2.45) is 11.8 Å². The number of hydrogen-bond acceptors (Lipinski definition) is 5. The van der Waals surface area contributed by atoms with Crippen molar-refractivity contribution in [1.82, 2.24) is 4.98 Å². The average molecular weight is 415 g/mol. The molecule has 2 aromatic rings. The first-order chi connectivity index (χ1) is 13.0.